The lowest BCUT2D eigenvalue weighted by atomic mass is 10.2. The van der Waals surface area contributed by atoms with Gasteiger partial charge in [-0.05, 0) is 32.4 Å². The second-order valence-corrected chi connectivity index (χ2v) is 6.03. The van der Waals surface area contributed by atoms with E-state index >= 15 is 0 Å². The van der Waals surface area contributed by atoms with Crippen LogP contribution in [0.1, 0.15) is 30.4 Å². The standard InChI is InChI=1S/C18H22N4O2/c1-4-10-21(11-15-8-6-5-7-9-15)12-22-18(23)17-16(13(2)19-22)14(3)24-20-17/h5-9H,4,10-12H2,1-3H3. The van der Waals surface area contributed by atoms with E-state index < -0.39 is 0 Å². The molecule has 0 aliphatic rings. The molecular weight excluding hydrogens is 304 g/mol. The molecule has 3 rings (SSSR count). The van der Waals surface area contributed by atoms with Gasteiger partial charge in [-0.2, -0.15) is 5.10 Å². The lowest BCUT2D eigenvalue weighted by molar-refractivity contribution is 0.194. The molecule has 0 bridgehead atoms. The molecule has 0 aliphatic carbocycles. The molecule has 2 aromatic heterocycles. The van der Waals surface area contributed by atoms with Gasteiger partial charge < -0.3 is 4.52 Å². The third kappa shape index (κ3) is 3.23. The van der Waals surface area contributed by atoms with Gasteiger partial charge in [0, 0.05) is 6.54 Å². The van der Waals surface area contributed by atoms with Crippen LogP contribution in [0.3, 0.4) is 0 Å². The summed E-state index contributed by atoms with van der Waals surface area (Å²) < 4.78 is 6.65. The first kappa shape index (κ1) is 16.4. The van der Waals surface area contributed by atoms with Gasteiger partial charge in [0.15, 0.2) is 5.52 Å². The number of hydrogen-bond acceptors (Lipinski definition) is 5. The molecule has 0 unspecified atom stereocenters. The summed E-state index contributed by atoms with van der Waals surface area (Å²) >= 11 is 0. The minimum Gasteiger partial charge on any atom is -0.360 e. The van der Waals surface area contributed by atoms with Gasteiger partial charge in [0.2, 0.25) is 0 Å². The van der Waals surface area contributed by atoms with Gasteiger partial charge in [-0.1, -0.05) is 42.4 Å². The summed E-state index contributed by atoms with van der Waals surface area (Å²) in [4.78, 5) is 14.8. The van der Waals surface area contributed by atoms with E-state index in [0.29, 0.717) is 17.9 Å². The SMILES string of the molecule is CCCN(Cc1ccccc1)Cn1nc(C)c2c(C)onc2c1=O. The van der Waals surface area contributed by atoms with Crippen molar-refractivity contribution in [3.8, 4) is 0 Å². The largest absolute Gasteiger partial charge is 0.360 e. The summed E-state index contributed by atoms with van der Waals surface area (Å²) in [6, 6.07) is 10.2. The van der Waals surface area contributed by atoms with Crippen molar-refractivity contribution in [2.75, 3.05) is 6.54 Å². The van der Waals surface area contributed by atoms with Crippen molar-refractivity contribution in [1.29, 1.82) is 0 Å². The van der Waals surface area contributed by atoms with Gasteiger partial charge in [-0.25, -0.2) is 4.68 Å². The zero-order valence-corrected chi connectivity index (χ0v) is 14.3. The maximum absolute atomic E-state index is 12.6. The molecule has 0 atom stereocenters. The molecule has 24 heavy (non-hydrogen) atoms. The average molecular weight is 326 g/mol. The third-order valence-electron chi connectivity index (χ3n) is 4.06. The van der Waals surface area contributed by atoms with Crippen LogP contribution in [0.25, 0.3) is 10.9 Å². The number of rotatable bonds is 6. The molecule has 0 radical (unpaired) electrons. The van der Waals surface area contributed by atoms with Crippen LogP contribution in [-0.4, -0.2) is 26.4 Å². The van der Waals surface area contributed by atoms with Crippen molar-refractivity contribution in [3.05, 3.63) is 57.7 Å². The minimum atomic E-state index is -0.207. The average Bonchev–Trinajstić information content (AvgIpc) is 2.96. The highest BCUT2D eigenvalue weighted by Gasteiger charge is 2.16. The second kappa shape index (κ2) is 6.97. The number of nitrogens with zero attached hydrogens (tertiary/aromatic N) is 4. The minimum absolute atomic E-state index is 0.207. The van der Waals surface area contributed by atoms with Gasteiger partial charge in [-0.15, -0.1) is 0 Å². The van der Waals surface area contributed by atoms with Crippen molar-refractivity contribution in [2.24, 2.45) is 0 Å². The molecule has 0 N–H and O–H groups in total. The maximum atomic E-state index is 12.6. The molecule has 0 saturated heterocycles. The monoisotopic (exact) mass is 326 g/mol. The highest BCUT2D eigenvalue weighted by atomic mass is 16.5. The van der Waals surface area contributed by atoms with Gasteiger partial charge in [-0.3, -0.25) is 9.69 Å². The fourth-order valence-electron chi connectivity index (χ4n) is 2.99. The normalized spacial score (nSPS) is 11.5. The Hall–Kier alpha value is -2.47. The van der Waals surface area contributed by atoms with E-state index in [1.165, 1.54) is 10.2 Å². The molecule has 6 heteroatoms. The molecule has 0 saturated carbocycles. The van der Waals surface area contributed by atoms with Gasteiger partial charge >= 0.3 is 0 Å². The van der Waals surface area contributed by atoms with Crippen LogP contribution in [0.5, 0.6) is 0 Å². The molecule has 0 fully saturated rings. The number of hydrogen-bond donors (Lipinski definition) is 0. The Labute approximate surface area is 140 Å². The Bertz CT molecular complexity index is 883. The lowest BCUT2D eigenvalue weighted by Gasteiger charge is -2.22. The smallest absolute Gasteiger partial charge is 0.298 e. The predicted molar refractivity (Wildman–Crippen MR) is 92.7 cm³/mol. The number of aromatic nitrogens is 3. The fourth-order valence-corrected chi connectivity index (χ4v) is 2.99. The summed E-state index contributed by atoms with van der Waals surface area (Å²) in [6.45, 7) is 7.90. The zero-order valence-electron chi connectivity index (χ0n) is 14.3. The molecule has 6 nitrogen and oxygen atoms in total. The highest BCUT2D eigenvalue weighted by Crippen LogP contribution is 2.16. The van der Waals surface area contributed by atoms with Crippen LogP contribution in [0.4, 0.5) is 0 Å². The van der Waals surface area contributed by atoms with E-state index in [1.54, 1.807) is 6.92 Å². The van der Waals surface area contributed by atoms with E-state index in [2.05, 4.69) is 34.2 Å². The van der Waals surface area contributed by atoms with Crippen LogP contribution >= 0.6 is 0 Å². The van der Waals surface area contributed by atoms with Gasteiger partial charge in [0.25, 0.3) is 5.56 Å². The summed E-state index contributed by atoms with van der Waals surface area (Å²) in [5.41, 5.74) is 2.13. The topological polar surface area (TPSA) is 64.2 Å². The number of aryl methyl sites for hydroxylation is 2. The van der Waals surface area contributed by atoms with Crippen molar-refractivity contribution in [1.82, 2.24) is 19.8 Å². The molecule has 0 amide bonds. The summed E-state index contributed by atoms with van der Waals surface area (Å²) in [7, 11) is 0. The molecule has 3 aromatic rings. The molecule has 126 valence electrons. The van der Waals surface area contributed by atoms with Crippen LogP contribution in [0.15, 0.2) is 39.6 Å². The summed E-state index contributed by atoms with van der Waals surface area (Å²) in [5.74, 6) is 0.633. The van der Waals surface area contributed by atoms with E-state index in [9.17, 15) is 4.79 Å². The number of fused-ring (bicyclic) bond motifs is 1. The van der Waals surface area contributed by atoms with E-state index in [4.69, 9.17) is 4.52 Å². The Morgan fingerprint density at radius 2 is 1.96 bits per heavy atom. The van der Waals surface area contributed by atoms with Crippen LogP contribution in [0, 0.1) is 13.8 Å². The summed E-state index contributed by atoms with van der Waals surface area (Å²) in [6.07, 6.45) is 1.01. The van der Waals surface area contributed by atoms with Crippen LogP contribution < -0.4 is 5.56 Å². The van der Waals surface area contributed by atoms with Crippen LogP contribution in [-0.2, 0) is 13.2 Å². The Kier molecular flexibility index (Phi) is 4.76. The third-order valence-corrected chi connectivity index (χ3v) is 4.06. The maximum Gasteiger partial charge on any atom is 0.298 e. The highest BCUT2D eigenvalue weighted by molar-refractivity contribution is 5.81. The molecule has 2 heterocycles. The Morgan fingerprint density at radius 3 is 2.67 bits per heavy atom. The zero-order chi connectivity index (χ0) is 17.1. The van der Waals surface area contributed by atoms with Crippen LogP contribution in [0.2, 0.25) is 0 Å². The first-order valence-electron chi connectivity index (χ1n) is 8.20. The van der Waals surface area contributed by atoms with Crippen molar-refractivity contribution >= 4 is 10.9 Å². The molecular formula is C18H22N4O2. The summed E-state index contributed by atoms with van der Waals surface area (Å²) in [5, 5.41) is 9.09. The quantitative estimate of drug-likeness (QED) is 0.697. The molecule has 0 aliphatic heterocycles. The second-order valence-electron chi connectivity index (χ2n) is 6.03. The molecule has 0 spiro atoms. The first-order chi connectivity index (χ1) is 11.6. The first-order valence-corrected chi connectivity index (χ1v) is 8.20. The number of benzene rings is 1. The fraction of sp³-hybridized carbons (Fsp3) is 0.389. The Balaban J connectivity index is 1.91. The van der Waals surface area contributed by atoms with Crippen molar-refractivity contribution < 1.29 is 4.52 Å². The van der Waals surface area contributed by atoms with E-state index in [0.717, 1.165) is 30.6 Å². The van der Waals surface area contributed by atoms with Gasteiger partial charge in [0.1, 0.15) is 5.76 Å². The van der Waals surface area contributed by atoms with Crippen molar-refractivity contribution in [3.63, 3.8) is 0 Å². The van der Waals surface area contributed by atoms with Gasteiger partial charge in [0.05, 0.1) is 17.7 Å². The predicted octanol–water partition coefficient (Wildman–Crippen LogP) is 2.87. The van der Waals surface area contributed by atoms with E-state index in [1.807, 2.05) is 25.1 Å². The Morgan fingerprint density at radius 1 is 1.21 bits per heavy atom. The van der Waals surface area contributed by atoms with E-state index in [-0.39, 0.29) is 5.56 Å². The molecule has 1 aromatic carbocycles. The lowest BCUT2D eigenvalue weighted by Crippen LogP contribution is -2.34. The van der Waals surface area contributed by atoms with Crippen molar-refractivity contribution in [2.45, 2.75) is 40.4 Å².